The maximum atomic E-state index is 13.0. The second kappa shape index (κ2) is 8.86. The van der Waals surface area contributed by atoms with Gasteiger partial charge < -0.3 is 10.1 Å². The average Bonchev–Trinajstić information content (AvgIpc) is 2.74. The number of rotatable bonds is 6. The molecule has 1 N–H and O–H groups in total. The van der Waals surface area contributed by atoms with Gasteiger partial charge >= 0.3 is 0 Å². The zero-order valence-corrected chi connectivity index (χ0v) is 17.9. The summed E-state index contributed by atoms with van der Waals surface area (Å²) in [7, 11) is -0.797. The summed E-state index contributed by atoms with van der Waals surface area (Å²) in [5.41, 5.74) is 0.907. The van der Waals surface area contributed by atoms with Crippen molar-refractivity contribution in [3.63, 3.8) is 0 Å². The predicted octanol–water partition coefficient (Wildman–Crippen LogP) is 3.83. The standard InChI is InChI=1S/C22H28N2O4S/c1-16-8-4-5-9-19(16)23-22(25)17-12-14-18(15-13-17)29(26,27)24(2)20-10-6-7-11-21(20)28-3/h6-7,10-16,19H,4-5,8-9H2,1-3H3,(H,23,25)/t16-,19-/m1/s1. The summed E-state index contributed by atoms with van der Waals surface area (Å²) in [5.74, 6) is 0.767. The number of hydrogen-bond acceptors (Lipinski definition) is 4. The summed E-state index contributed by atoms with van der Waals surface area (Å²) >= 11 is 0. The van der Waals surface area contributed by atoms with Crippen molar-refractivity contribution in [1.29, 1.82) is 0 Å². The number of nitrogens with one attached hydrogen (secondary N) is 1. The lowest BCUT2D eigenvalue weighted by atomic mass is 9.86. The van der Waals surface area contributed by atoms with Gasteiger partial charge in [0.15, 0.2) is 0 Å². The van der Waals surface area contributed by atoms with E-state index in [2.05, 4.69) is 12.2 Å². The number of carbonyl (C=O) groups excluding carboxylic acids is 1. The van der Waals surface area contributed by atoms with Gasteiger partial charge in [-0.3, -0.25) is 9.10 Å². The monoisotopic (exact) mass is 416 g/mol. The lowest BCUT2D eigenvalue weighted by molar-refractivity contribution is 0.0910. The van der Waals surface area contributed by atoms with Gasteiger partial charge in [-0.1, -0.05) is 31.9 Å². The molecule has 0 saturated heterocycles. The minimum atomic E-state index is -3.78. The molecule has 6 nitrogen and oxygen atoms in total. The van der Waals surface area contributed by atoms with Crippen LogP contribution >= 0.6 is 0 Å². The summed E-state index contributed by atoms with van der Waals surface area (Å²) in [6.45, 7) is 2.16. The number of hydrogen-bond donors (Lipinski definition) is 1. The molecule has 0 unspecified atom stereocenters. The van der Waals surface area contributed by atoms with E-state index in [-0.39, 0.29) is 16.8 Å². The SMILES string of the molecule is COc1ccccc1N(C)S(=O)(=O)c1ccc(C(=O)N[C@@H]2CCCC[C@H]2C)cc1. The van der Waals surface area contributed by atoms with Crippen LogP contribution in [0.1, 0.15) is 43.0 Å². The highest BCUT2D eigenvalue weighted by Crippen LogP contribution is 2.31. The summed E-state index contributed by atoms with van der Waals surface area (Å²) in [6, 6.07) is 13.2. The first-order chi connectivity index (χ1) is 13.8. The first kappa shape index (κ1) is 21.2. The first-order valence-electron chi connectivity index (χ1n) is 9.87. The third-order valence-electron chi connectivity index (χ3n) is 5.63. The molecule has 3 rings (SSSR count). The Labute approximate surface area is 172 Å². The fourth-order valence-corrected chi connectivity index (χ4v) is 4.94. The summed E-state index contributed by atoms with van der Waals surface area (Å²) in [4.78, 5) is 12.7. The Morgan fingerprint density at radius 1 is 1.07 bits per heavy atom. The van der Waals surface area contributed by atoms with Crippen molar-refractivity contribution >= 4 is 21.6 Å². The van der Waals surface area contributed by atoms with Crippen molar-refractivity contribution < 1.29 is 17.9 Å². The topological polar surface area (TPSA) is 75.7 Å². The highest BCUT2D eigenvalue weighted by atomic mass is 32.2. The summed E-state index contributed by atoms with van der Waals surface area (Å²) in [6.07, 6.45) is 4.45. The van der Waals surface area contributed by atoms with Crippen LogP contribution in [0.3, 0.4) is 0 Å². The van der Waals surface area contributed by atoms with Crippen LogP contribution in [0.15, 0.2) is 53.4 Å². The molecule has 7 heteroatoms. The molecule has 0 spiro atoms. The van der Waals surface area contributed by atoms with Crippen LogP contribution in [0.4, 0.5) is 5.69 Å². The van der Waals surface area contributed by atoms with Gasteiger partial charge in [0.1, 0.15) is 5.75 Å². The van der Waals surface area contributed by atoms with E-state index < -0.39 is 10.0 Å². The molecule has 0 heterocycles. The van der Waals surface area contributed by atoms with Gasteiger partial charge in [0.2, 0.25) is 0 Å². The number of anilines is 1. The van der Waals surface area contributed by atoms with Gasteiger partial charge in [0.25, 0.3) is 15.9 Å². The zero-order chi connectivity index (χ0) is 21.0. The Bertz CT molecular complexity index is 957. The molecule has 1 aliphatic rings. The molecule has 0 radical (unpaired) electrons. The molecule has 156 valence electrons. The molecular formula is C22H28N2O4S. The van der Waals surface area contributed by atoms with E-state index in [1.807, 2.05) is 0 Å². The molecule has 2 aromatic carbocycles. The second-order valence-electron chi connectivity index (χ2n) is 7.51. The van der Waals surface area contributed by atoms with E-state index in [0.717, 1.165) is 19.3 Å². The molecule has 0 aromatic heterocycles. The number of nitrogens with zero attached hydrogens (tertiary/aromatic N) is 1. The Morgan fingerprint density at radius 2 is 1.72 bits per heavy atom. The van der Waals surface area contributed by atoms with Crippen LogP contribution < -0.4 is 14.4 Å². The number of sulfonamides is 1. The number of carbonyl (C=O) groups is 1. The Morgan fingerprint density at radius 3 is 2.38 bits per heavy atom. The largest absolute Gasteiger partial charge is 0.495 e. The van der Waals surface area contributed by atoms with Crippen LogP contribution in [0, 0.1) is 5.92 Å². The molecule has 1 saturated carbocycles. The maximum Gasteiger partial charge on any atom is 0.264 e. The van der Waals surface area contributed by atoms with E-state index in [1.54, 1.807) is 36.4 Å². The number of ether oxygens (including phenoxy) is 1. The third kappa shape index (κ3) is 4.56. The molecule has 1 fully saturated rings. The first-order valence-corrected chi connectivity index (χ1v) is 11.3. The quantitative estimate of drug-likeness (QED) is 0.777. The van der Waals surface area contributed by atoms with Gasteiger partial charge in [0, 0.05) is 18.7 Å². The van der Waals surface area contributed by atoms with Crippen molar-refractivity contribution in [1.82, 2.24) is 5.32 Å². The molecule has 1 aliphatic carbocycles. The van der Waals surface area contributed by atoms with Gasteiger partial charge in [-0.05, 0) is 55.2 Å². The minimum absolute atomic E-state index is 0.119. The number of para-hydroxylation sites is 2. The Kier molecular flexibility index (Phi) is 6.47. The second-order valence-corrected chi connectivity index (χ2v) is 9.48. The van der Waals surface area contributed by atoms with E-state index in [1.165, 1.54) is 37.0 Å². The third-order valence-corrected chi connectivity index (χ3v) is 7.41. The molecular weight excluding hydrogens is 388 g/mol. The van der Waals surface area contributed by atoms with Crippen LogP contribution in [0.25, 0.3) is 0 Å². The van der Waals surface area contributed by atoms with Gasteiger partial charge in [-0.15, -0.1) is 0 Å². The Balaban J connectivity index is 1.77. The fourth-order valence-electron chi connectivity index (χ4n) is 3.74. The highest BCUT2D eigenvalue weighted by Gasteiger charge is 2.25. The van der Waals surface area contributed by atoms with Crippen molar-refractivity contribution in [2.75, 3.05) is 18.5 Å². The summed E-state index contributed by atoms with van der Waals surface area (Å²) < 4.78 is 32.5. The molecule has 0 aliphatic heterocycles. The van der Waals surface area contributed by atoms with E-state index in [0.29, 0.717) is 22.9 Å². The Hall–Kier alpha value is -2.54. The normalized spacial score (nSPS) is 19.4. The smallest absolute Gasteiger partial charge is 0.264 e. The van der Waals surface area contributed by atoms with Crippen LogP contribution in [-0.4, -0.2) is 34.5 Å². The molecule has 29 heavy (non-hydrogen) atoms. The maximum absolute atomic E-state index is 13.0. The van der Waals surface area contributed by atoms with Crippen LogP contribution in [0.5, 0.6) is 5.75 Å². The molecule has 2 atom stereocenters. The van der Waals surface area contributed by atoms with Crippen LogP contribution in [-0.2, 0) is 10.0 Å². The zero-order valence-electron chi connectivity index (χ0n) is 17.1. The number of benzene rings is 2. The van der Waals surface area contributed by atoms with Crippen LogP contribution in [0.2, 0.25) is 0 Å². The molecule has 1 amide bonds. The van der Waals surface area contributed by atoms with Crippen molar-refractivity contribution in [3.05, 3.63) is 54.1 Å². The lowest BCUT2D eigenvalue weighted by Gasteiger charge is -2.29. The lowest BCUT2D eigenvalue weighted by Crippen LogP contribution is -2.41. The van der Waals surface area contributed by atoms with E-state index >= 15 is 0 Å². The predicted molar refractivity (Wildman–Crippen MR) is 114 cm³/mol. The van der Waals surface area contributed by atoms with Gasteiger partial charge in [-0.25, -0.2) is 8.42 Å². The fraction of sp³-hybridized carbons (Fsp3) is 0.409. The molecule has 0 bridgehead atoms. The van der Waals surface area contributed by atoms with Gasteiger partial charge in [-0.2, -0.15) is 0 Å². The minimum Gasteiger partial charge on any atom is -0.495 e. The number of amides is 1. The van der Waals surface area contributed by atoms with Crippen molar-refractivity contribution in [3.8, 4) is 5.75 Å². The summed E-state index contributed by atoms with van der Waals surface area (Å²) in [5, 5.41) is 3.09. The number of methoxy groups -OCH3 is 1. The van der Waals surface area contributed by atoms with Gasteiger partial charge in [0.05, 0.1) is 17.7 Å². The highest BCUT2D eigenvalue weighted by molar-refractivity contribution is 7.92. The average molecular weight is 417 g/mol. The van der Waals surface area contributed by atoms with Crippen molar-refractivity contribution in [2.45, 2.75) is 43.5 Å². The van der Waals surface area contributed by atoms with E-state index in [9.17, 15) is 13.2 Å². The molecule has 2 aromatic rings. The van der Waals surface area contributed by atoms with E-state index in [4.69, 9.17) is 4.74 Å². The van der Waals surface area contributed by atoms with Crippen molar-refractivity contribution in [2.24, 2.45) is 5.92 Å².